The zero-order valence-corrected chi connectivity index (χ0v) is 17.3. The highest BCUT2D eigenvalue weighted by Crippen LogP contribution is 2.29. The van der Waals surface area contributed by atoms with Crippen molar-refractivity contribution in [3.63, 3.8) is 0 Å². The van der Waals surface area contributed by atoms with Crippen LogP contribution in [0, 0.1) is 0 Å². The Bertz CT molecular complexity index is 928. The van der Waals surface area contributed by atoms with Gasteiger partial charge in [-0.05, 0) is 49.7 Å². The van der Waals surface area contributed by atoms with Crippen LogP contribution < -0.4 is 20.1 Å². The summed E-state index contributed by atoms with van der Waals surface area (Å²) in [7, 11) is 0. The van der Waals surface area contributed by atoms with E-state index < -0.39 is 0 Å². The molecule has 2 amide bonds. The van der Waals surface area contributed by atoms with Gasteiger partial charge in [-0.1, -0.05) is 36.8 Å². The number of unbranched alkanes of at least 4 members (excludes halogenated alkanes) is 1. The molecule has 0 atom stereocenters. The van der Waals surface area contributed by atoms with Crippen LogP contribution in [0.4, 0.5) is 15.6 Å². The molecule has 152 valence electrons. The normalized spacial score (nSPS) is 10.4. The lowest BCUT2D eigenvalue weighted by atomic mass is 10.2. The Balaban J connectivity index is 1.58. The fourth-order valence-electron chi connectivity index (χ4n) is 2.50. The highest BCUT2D eigenvalue weighted by atomic mass is 32.1. The molecular weight excluding hydrogens is 388 g/mol. The summed E-state index contributed by atoms with van der Waals surface area (Å²) in [6.45, 7) is 5.34. The summed E-state index contributed by atoms with van der Waals surface area (Å²) in [5.41, 5.74) is 1.56. The van der Waals surface area contributed by atoms with Gasteiger partial charge in [0.05, 0.1) is 13.2 Å². The van der Waals surface area contributed by atoms with Gasteiger partial charge in [0.25, 0.3) is 0 Å². The van der Waals surface area contributed by atoms with Gasteiger partial charge in [-0.3, -0.25) is 5.32 Å². The number of urea groups is 1. The smallest absolute Gasteiger partial charge is 0.325 e. The van der Waals surface area contributed by atoms with Gasteiger partial charge in [-0.15, -0.1) is 10.2 Å². The fourth-order valence-corrected chi connectivity index (χ4v) is 3.24. The fraction of sp³-hybridized carbons (Fsp3) is 0.286. The van der Waals surface area contributed by atoms with E-state index in [1.54, 1.807) is 24.3 Å². The van der Waals surface area contributed by atoms with Crippen molar-refractivity contribution in [1.82, 2.24) is 10.2 Å². The van der Waals surface area contributed by atoms with Crippen LogP contribution in [0.3, 0.4) is 0 Å². The van der Waals surface area contributed by atoms with E-state index in [4.69, 9.17) is 9.47 Å². The second-order valence-electron chi connectivity index (χ2n) is 6.18. The Morgan fingerprint density at radius 2 is 1.83 bits per heavy atom. The molecule has 0 saturated carbocycles. The minimum absolute atomic E-state index is 0.381. The molecule has 29 heavy (non-hydrogen) atoms. The van der Waals surface area contributed by atoms with E-state index >= 15 is 0 Å². The van der Waals surface area contributed by atoms with E-state index in [1.165, 1.54) is 11.3 Å². The molecule has 0 radical (unpaired) electrons. The minimum atomic E-state index is -0.381. The third kappa shape index (κ3) is 6.18. The molecule has 0 unspecified atom stereocenters. The maximum atomic E-state index is 12.2. The zero-order valence-electron chi connectivity index (χ0n) is 16.5. The number of hydrogen-bond acceptors (Lipinski definition) is 6. The molecule has 0 spiro atoms. The molecule has 2 N–H and O–H groups in total. The molecular formula is C21H24N4O3S. The van der Waals surface area contributed by atoms with Crippen molar-refractivity contribution in [3.05, 3.63) is 48.5 Å². The van der Waals surface area contributed by atoms with Crippen molar-refractivity contribution in [3.8, 4) is 22.1 Å². The van der Waals surface area contributed by atoms with E-state index in [9.17, 15) is 4.79 Å². The van der Waals surface area contributed by atoms with Gasteiger partial charge in [0.15, 0.2) is 0 Å². The van der Waals surface area contributed by atoms with Crippen LogP contribution in [0.1, 0.15) is 26.7 Å². The van der Waals surface area contributed by atoms with Crippen molar-refractivity contribution < 1.29 is 14.3 Å². The quantitative estimate of drug-likeness (QED) is 0.458. The van der Waals surface area contributed by atoms with Gasteiger partial charge in [0, 0.05) is 11.3 Å². The number of nitrogens with one attached hydrogen (secondary N) is 2. The number of carbonyl (C=O) groups is 1. The topological polar surface area (TPSA) is 85.4 Å². The van der Waals surface area contributed by atoms with E-state index in [-0.39, 0.29) is 6.03 Å². The van der Waals surface area contributed by atoms with Crippen LogP contribution in [0.5, 0.6) is 11.5 Å². The third-order valence-corrected chi connectivity index (χ3v) is 4.80. The lowest BCUT2D eigenvalue weighted by Gasteiger charge is -2.07. The van der Waals surface area contributed by atoms with Crippen molar-refractivity contribution in [2.75, 3.05) is 23.8 Å². The summed E-state index contributed by atoms with van der Waals surface area (Å²) in [6.07, 6.45) is 2.10. The summed E-state index contributed by atoms with van der Waals surface area (Å²) in [6, 6.07) is 14.5. The number of rotatable bonds is 9. The second-order valence-corrected chi connectivity index (χ2v) is 7.16. The van der Waals surface area contributed by atoms with Crippen molar-refractivity contribution >= 4 is 28.2 Å². The number of nitrogens with zero attached hydrogens (tertiary/aromatic N) is 2. The molecule has 0 aliphatic heterocycles. The number of ether oxygens (including phenoxy) is 2. The van der Waals surface area contributed by atoms with Crippen LogP contribution >= 0.6 is 11.3 Å². The number of carbonyl (C=O) groups excluding carboxylic acids is 1. The number of hydrogen-bond donors (Lipinski definition) is 2. The van der Waals surface area contributed by atoms with Gasteiger partial charge in [-0.2, -0.15) is 0 Å². The number of amides is 2. The van der Waals surface area contributed by atoms with Gasteiger partial charge in [-0.25, -0.2) is 4.79 Å². The molecule has 2 aromatic carbocycles. The van der Waals surface area contributed by atoms with Gasteiger partial charge < -0.3 is 14.8 Å². The number of benzene rings is 2. The summed E-state index contributed by atoms with van der Waals surface area (Å²) < 4.78 is 11.1. The van der Waals surface area contributed by atoms with Crippen molar-refractivity contribution in [2.24, 2.45) is 0 Å². The lowest BCUT2D eigenvalue weighted by Crippen LogP contribution is -2.19. The lowest BCUT2D eigenvalue weighted by molar-refractivity contribution is 0.262. The Kier molecular flexibility index (Phi) is 7.40. The maximum Gasteiger partial charge on any atom is 0.325 e. The Morgan fingerprint density at radius 3 is 2.59 bits per heavy atom. The van der Waals surface area contributed by atoms with Crippen molar-refractivity contribution in [2.45, 2.75) is 26.7 Å². The SMILES string of the molecule is CCCCOc1cccc(-c2nnc(NC(=O)Nc3ccc(OCC)cc3)s2)c1. The predicted molar refractivity (Wildman–Crippen MR) is 116 cm³/mol. The largest absolute Gasteiger partial charge is 0.494 e. The average molecular weight is 413 g/mol. The molecule has 3 aromatic rings. The zero-order chi connectivity index (χ0) is 20.5. The van der Waals surface area contributed by atoms with Crippen molar-refractivity contribution in [1.29, 1.82) is 0 Å². The Hall–Kier alpha value is -3.13. The highest BCUT2D eigenvalue weighted by molar-refractivity contribution is 7.18. The first-order chi connectivity index (χ1) is 14.2. The van der Waals surface area contributed by atoms with Gasteiger partial charge >= 0.3 is 6.03 Å². The highest BCUT2D eigenvalue weighted by Gasteiger charge is 2.11. The molecule has 0 fully saturated rings. The van der Waals surface area contributed by atoms with Crippen LogP contribution in [-0.2, 0) is 0 Å². The number of aromatic nitrogens is 2. The van der Waals surface area contributed by atoms with Gasteiger partial charge in [0.2, 0.25) is 5.13 Å². The number of anilines is 2. The van der Waals surface area contributed by atoms with Gasteiger partial charge in [0.1, 0.15) is 16.5 Å². The van der Waals surface area contributed by atoms with E-state index in [1.807, 2.05) is 31.2 Å². The molecule has 7 nitrogen and oxygen atoms in total. The minimum Gasteiger partial charge on any atom is -0.494 e. The summed E-state index contributed by atoms with van der Waals surface area (Å²) in [5.74, 6) is 1.56. The monoisotopic (exact) mass is 412 g/mol. The molecule has 0 aliphatic carbocycles. The average Bonchev–Trinajstić information content (AvgIpc) is 3.18. The first kappa shape index (κ1) is 20.6. The summed E-state index contributed by atoms with van der Waals surface area (Å²) in [4.78, 5) is 12.2. The molecule has 0 aliphatic rings. The predicted octanol–water partition coefficient (Wildman–Crippen LogP) is 5.43. The maximum absolute atomic E-state index is 12.2. The molecule has 0 saturated heterocycles. The second kappa shape index (κ2) is 10.4. The molecule has 8 heteroatoms. The van der Waals surface area contributed by atoms with E-state index in [2.05, 4.69) is 27.8 Å². The van der Waals surface area contributed by atoms with E-state index in [0.717, 1.165) is 29.9 Å². The van der Waals surface area contributed by atoms with Crippen LogP contribution in [0.25, 0.3) is 10.6 Å². The molecule has 0 bridgehead atoms. The van der Waals surface area contributed by atoms with E-state index in [0.29, 0.717) is 29.0 Å². The van der Waals surface area contributed by atoms with Crippen LogP contribution in [0.2, 0.25) is 0 Å². The van der Waals surface area contributed by atoms with Crippen LogP contribution in [0.15, 0.2) is 48.5 Å². The molecule has 1 aromatic heterocycles. The first-order valence-corrected chi connectivity index (χ1v) is 10.4. The summed E-state index contributed by atoms with van der Waals surface area (Å²) in [5, 5.41) is 14.8. The standard InChI is InChI=1S/C21H24N4O3S/c1-3-5-13-28-18-8-6-7-15(14-18)19-24-25-21(29-19)23-20(26)22-16-9-11-17(12-10-16)27-4-2/h6-12,14H,3-5,13H2,1-2H3,(H2,22,23,25,26). The summed E-state index contributed by atoms with van der Waals surface area (Å²) >= 11 is 1.30. The molecule has 3 rings (SSSR count). The Labute approximate surface area is 174 Å². The Morgan fingerprint density at radius 1 is 1.00 bits per heavy atom. The van der Waals surface area contributed by atoms with Crippen LogP contribution in [-0.4, -0.2) is 29.4 Å². The third-order valence-electron chi connectivity index (χ3n) is 3.92. The first-order valence-electron chi connectivity index (χ1n) is 9.55. The molecule has 1 heterocycles.